The number of methoxy groups -OCH3 is 2. The molecular weight excluding hydrogens is 254 g/mol. The summed E-state index contributed by atoms with van der Waals surface area (Å²) in [4.78, 5) is 0. The fraction of sp³-hybridized carbons (Fsp3) is 0.538. The first-order chi connectivity index (χ1) is 8.43. The number of hydrogen-bond acceptors (Lipinski definition) is 4. The second-order valence-electron chi connectivity index (χ2n) is 4.71. The molecule has 0 aliphatic carbocycles. The number of hydrogen-bond donors (Lipinski definition) is 2. The summed E-state index contributed by atoms with van der Waals surface area (Å²) in [7, 11) is 3.12. The highest BCUT2D eigenvalue weighted by Gasteiger charge is 2.16. The van der Waals surface area contributed by atoms with Crippen molar-refractivity contribution in [3.05, 3.63) is 22.7 Å². The Morgan fingerprint density at radius 3 is 2.44 bits per heavy atom. The number of aliphatic hydroxyl groups excluding tert-OH is 1. The van der Waals surface area contributed by atoms with E-state index in [9.17, 15) is 5.11 Å². The summed E-state index contributed by atoms with van der Waals surface area (Å²) < 4.78 is 10.4. The van der Waals surface area contributed by atoms with Crippen LogP contribution in [-0.4, -0.2) is 31.5 Å². The molecule has 0 aliphatic rings. The van der Waals surface area contributed by atoms with E-state index in [1.807, 2.05) is 26.0 Å². The van der Waals surface area contributed by atoms with Crippen LogP contribution in [0, 0.1) is 0 Å². The summed E-state index contributed by atoms with van der Waals surface area (Å²) in [6.45, 7) is 4.51. The van der Waals surface area contributed by atoms with Crippen molar-refractivity contribution in [3.8, 4) is 11.5 Å². The molecule has 0 radical (unpaired) electrons. The Labute approximate surface area is 113 Å². The Hall–Kier alpha value is -0.970. The number of ether oxygens (including phenoxy) is 2. The zero-order valence-corrected chi connectivity index (χ0v) is 12.0. The quantitative estimate of drug-likeness (QED) is 0.834. The zero-order chi connectivity index (χ0) is 13.8. The van der Waals surface area contributed by atoms with Gasteiger partial charge in [0.2, 0.25) is 0 Å². The molecule has 0 spiro atoms. The van der Waals surface area contributed by atoms with Gasteiger partial charge in [-0.3, -0.25) is 0 Å². The molecule has 4 nitrogen and oxygen atoms in total. The minimum atomic E-state index is -0.334. The first-order valence-electron chi connectivity index (χ1n) is 5.70. The molecule has 0 aliphatic heterocycles. The molecule has 0 aromatic heterocycles. The fourth-order valence-corrected chi connectivity index (χ4v) is 1.78. The van der Waals surface area contributed by atoms with Crippen molar-refractivity contribution in [2.75, 3.05) is 20.8 Å². The second kappa shape index (κ2) is 6.27. The van der Waals surface area contributed by atoms with Gasteiger partial charge in [0.05, 0.1) is 25.8 Å². The molecule has 102 valence electrons. The van der Waals surface area contributed by atoms with Crippen molar-refractivity contribution < 1.29 is 14.6 Å². The highest BCUT2D eigenvalue weighted by molar-refractivity contribution is 6.32. The third kappa shape index (κ3) is 3.77. The van der Waals surface area contributed by atoms with E-state index in [1.165, 1.54) is 0 Å². The number of rotatable bonds is 6. The van der Waals surface area contributed by atoms with Gasteiger partial charge in [0, 0.05) is 12.1 Å². The van der Waals surface area contributed by atoms with Crippen LogP contribution in [0.2, 0.25) is 5.02 Å². The maximum absolute atomic E-state index is 9.18. The lowest BCUT2D eigenvalue weighted by atomic mass is 10.1. The van der Waals surface area contributed by atoms with Gasteiger partial charge >= 0.3 is 0 Å². The molecule has 5 heteroatoms. The van der Waals surface area contributed by atoms with Crippen molar-refractivity contribution in [1.29, 1.82) is 0 Å². The van der Waals surface area contributed by atoms with Crippen LogP contribution >= 0.6 is 11.6 Å². The van der Waals surface area contributed by atoms with E-state index in [4.69, 9.17) is 21.1 Å². The van der Waals surface area contributed by atoms with E-state index in [2.05, 4.69) is 5.32 Å². The number of halogens is 1. The maximum atomic E-state index is 9.18. The molecule has 0 saturated heterocycles. The predicted octanol–water partition coefficient (Wildman–Crippen LogP) is 2.22. The standard InChI is InChI=1S/C13H20ClNO3/c1-13(2,8-16)15-7-9-5-10(14)12(18-4)11(6-9)17-3/h5-6,15-16H,7-8H2,1-4H3. The van der Waals surface area contributed by atoms with Crippen molar-refractivity contribution in [3.63, 3.8) is 0 Å². The minimum absolute atomic E-state index is 0.0635. The number of nitrogens with one attached hydrogen (secondary N) is 1. The van der Waals surface area contributed by atoms with E-state index in [0.717, 1.165) is 5.56 Å². The second-order valence-corrected chi connectivity index (χ2v) is 5.12. The minimum Gasteiger partial charge on any atom is -0.493 e. The Balaban J connectivity index is 2.88. The lowest BCUT2D eigenvalue weighted by Crippen LogP contribution is -2.42. The van der Waals surface area contributed by atoms with Crippen molar-refractivity contribution in [2.45, 2.75) is 25.9 Å². The summed E-state index contributed by atoms with van der Waals surface area (Å²) in [5, 5.41) is 12.9. The molecule has 1 aromatic rings. The van der Waals surface area contributed by atoms with Gasteiger partial charge in [-0.05, 0) is 31.5 Å². The summed E-state index contributed by atoms with van der Waals surface area (Å²) in [5.74, 6) is 1.13. The summed E-state index contributed by atoms with van der Waals surface area (Å²) in [6.07, 6.45) is 0. The molecular formula is C13H20ClNO3. The predicted molar refractivity (Wildman–Crippen MR) is 72.6 cm³/mol. The van der Waals surface area contributed by atoms with Gasteiger partial charge in [-0.25, -0.2) is 0 Å². The number of aliphatic hydroxyl groups is 1. The molecule has 1 aromatic carbocycles. The van der Waals surface area contributed by atoms with Crippen LogP contribution < -0.4 is 14.8 Å². The summed E-state index contributed by atoms with van der Waals surface area (Å²) in [6, 6.07) is 3.69. The highest BCUT2D eigenvalue weighted by atomic mass is 35.5. The average molecular weight is 274 g/mol. The molecule has 18 heavy (non-hydrogen) atoms. The third-order valence-corrected chi connectivity index (χ3v) is 2.94. The van der Waals surface area contributed by atoms with E-state index in [-0.39, 0.29) is 12.1 Å². The molecule has 0 fully saturated rings. The largest absolute Gasteiger partial charge is 0.493 e. The van der Waals surface area contributed by atoms with Crippen molar-refractivity contribution in [2.24, 2.45) is 0 Å². The van der Waals surface area contributed by atoms with E-state index >= 15 is 0 Å². The third-order valence-electron chi connectivity index (χ3n) is 2.66. The molecule has 0 amide bonds. The van der Waals surface area contributed by atoms with Crippen molar-refractivity contribution >= 4 is 11.6 Å². The van der Waals surface area contributed by atoms with Crippen LogP contribution in [0.5, 0.6) is 11.5 Å². The van der Waals surface area contributed by atoms with Crippen LogP contribution in [-0.2, 0) is 6.54 Å². The highest BCUT2D eigenvalue weighted by Crippen LogP contribution is 2.36. The van der Waals surface area contributed by atoms with Crippen LogP contribution in [0.1, 0.15) is 19.4 Å². The molecule has 2 N–H and O–H groups in total. The SMILES string of the molecule is COc1cc(CNC(C)(C)CO)cc(Cl)c1OC. The van der Waals surface area contributed by atoms with Gasteiger partial charge in [-0.15, -0.1) is 0 Å². The Kier molecular flexibility index (Phi) is 5.26. The first kappa shape index (κ1) is 15.1. The lowest BCUT2D eigenvalue weighted by Gasteiger charge is -2.24. The van der Waals surface area contributed by atoms with Crippen LogP contribution in [0.15, 0.2) is 12.1 Å². The molecule has 0 bridgehead atoms. The molecule has 1 rings (SSSR count). The topological polar surface area (TPSA) is 50.7 Å². The van der Waals surface area contributed by atoms with Crippen molar-refractivity contribution in [1.82, 2.24) is 5.32 Å². The summed E-state index contributed by atoms with van der Waals surface area (Å²) in [5.41, 5.74) is 0.638. The summed E-state index contributed by atoms with van der Waals surface area (Å²) >= 11 is 6.12. The normalized spacial score (nSPS) is 11.4. The molecule has 0 unspecified atom stereocenters. The van der Waals surface area contributed by atoms with E-state index in [0.29, 0.717) is 23.1 Å². The fourth-order valence-electron chi connectivity index (χ4n) is 1.47. The van der Waals surface area contributed by atoms with E-state index in [1.54, 1.807) is 14.2 Å². The van der Waals surface area contributed by atoms with E-state index < -0.39 is 0 Å². The van der Waals surface area contributed by atoms with Gasteiger partial charge in [0.1, 0.15) is 0 Å². The maximum Gasteiger partial charge on any atom is 0.179 e. The Morgan fingerprint density at radius 1 is 1.28 bits per heavy atom. The van der Waals surface area contributed by atoms with Crippen LogP contribution in [0.25, 0.3) is 0 Å². The zero-order valence-electron chi connectivity index (χ0n) is 11.2. The van der Waals surface area contributed by atoms with Gasteiger partial charge in [0.15, 0.2) is 11.5 Å². The Morgan fingerprint density at radius 2 is 1.94 bits per heavy atom. The van der Waals surface area contributed by atoms with Crippen LogP contribution in [0.3, 0.4) is 0 Å². The van der Waals surface area contributed by atoms with Gasteiger partial charge in [-0.1, -0.05) is 11.6 Å². The smallest absolute Gasteiger partial charge is 0.179 e. The van der Waals surface area contributed by atoms with Gasteiger partial charge < -0.3 is 19.9 Å². The molecule has 0 atom stereocenters. The van der Waals surface area contributed by atoms with Crippen LogP contribution in [0.4, 0.5) is 0 Å². The monoisotopic (exact) mass is 273 g/mol. The number of benzene rings is 1. The van der Waals surface area contributed by atoms with Gasteiger partial charge in [0.25, 0.3) is 0 Å². The lowest BCUT2D eigenvalue weighted by molar-refractivity contribution is 0.187. The first-order valence-corrected chi connectivity index (χ1v) is 6.07. The van der Waals surface area contributed by atoms with Gasteiger partial charge in [-0.2, -0.15) is 0 Å². The Bertz CT molecular complexity index is 407. The molecule has 0 saturated carbocycles. The molecule has 0 heterocycles. The average Bonchev–Trinajstić information content (AvgIpc) is 2.35.